The monoisotopic (exact) mass is 281 g/mol. The molecule has 2 heteroatoms. The van der Waals surface area contributed by atoms with Crippen LogP contribution in [0.2, 0.25) is 0 Å². The largest absolute Gasteiger partial charge is 0.369 e. The Morgan fingerprint density at radius 3 is 2.38 bits per heavy atom. The van der Waals surface area contributed by atoms with E-state index in [2.05, 4.69) is 66.8 Å². The highest BCUT2D eigenvalue weighted by Gasteiger charge is 2.28. The average Bonchev–Trinajstić information content (AvgIpc) is 2.57. The van der Waals surface area contributed by atoms with Crippen LogP contribution in [0.4, 0.5) is 0 Å². The Bertz CT molecular complexity index is 540. The van der Waals surface area contributed by atoms with Gasteiger partial charge in [0.1, 0.15) is 0 Å². The van der Waals surface area contributed by atoms with E-state index in [1.54, 1.807) is 0 Å². The first-order valence-corrected chi connectivity index (χ1v) is 7.83. The van der Waals surface area contributed by atoms with E-state index in [4.69, 9.17) is 4.74 Å². The SMILES string of the molecule is C[C@H](O[C@H]1CCCN[C@H]1c1ccccc1)c1ccccc1. The smallest absolute Gasteiger partial charge is 0.0801 e. The van der Waals surface area contributed by atoms with Crippen LogP contribution in [-0.4, -0.2) is 12.6 Å². The molecule has 1 aliphatic heterocycles. The number of ether oxygens (including phenoxy) is 1. The van der Waals surface area contributed by atoms with Gasteiger partial charge in [0.05, 0.1) is 18.2 Å². The minimum absolute atomic E-state index is 0.127. The van der Waals surface area contributed by atoms with Crippen LogP contribution >= 0.6 is 0 Å². The van der Waals surface area contributed by atoms with Crippen molar-refractivity contribution >= 4 is 0 Å². The minimum Gasteiger partial charge on any atom is -0.369 e. The summed E-state index contributed by atoms with van der Waals surface area (Å²) >= 11 is 0. The van der Waals surface area contributed by atoms with Crippen molar-refractivity contribution in [3.63, 3.8) is 0 Å². The Morgan fingerprint density at radius 2 is 1.67 bits per heavy atom. The molecule has 1 fully saturated rings. The van der Waals surface area contributed by atoms with E-state index < -0.39 is 0 Å². The van der Waals surface area contributed by atoms with Gasteiger partial charge in [-0.2, -0.15) is 0 Å². The van der Waals surface area contributed by atoms with E-state index in [-0.39, 0.29) is 12.2 Å². The molecule has 0 saturated carbocycles. The topological polar surface area (TPSA) is 21.3 Å². The zero-order chi connectivity index (χ0) is 14.5. The molecule has 1 saturated heterocycles. The van der Waals surface area contributed by atoms with E-state index in [0.717, 1.165) is 13.0 Å². The molecular weight excluding hydrogens is 258 g/mol. The molecule has 2 nitrogen and oxygen atoms in total. The zero-order valence-electron chi connectivity index (χ0n) is 12.5. The van der Waals surface area contributed by atoms with Crippen molar-refractivity contribution in [3.8, 4) is 0 Å². The second-order valence-corrected chi connectivity index (χ2v) is 5.71. The van der Waals surface area contributed by atoms with Gasteiger partial charge in [0.25, 0.3) is 0 Å². The Kier molecular flexibility index (Phi) is 4.69. The van der Waals surface area contributed by atoms with Crippen LogP contribution in [0.15, 0.2) is 60.7 Å². The van der Waals surface area contributed by atoms with Crippen LogP contribution in [0, 0.1) is 0 Å². The van der Waals surface area contributed by atoms with Gasteiger partial charge >= 0.3 is 0 Å². The van der Waals surface area contributed by atoms with Crippen LogP contribution < -0.4 is 5.32 Å². The molecule has 0 aromatic heterocycles. The number of hydrogen-bond acceptors (Lipinski definition) is 2. The van der Waals surface area contributed by atoms with Gasteiger partial charge < -0.3 is 10.1 Å². The van der Waals surface area contributed by atoms with Crippen molar-refractivity contribution in [1.29, 1.82) is 0 Å². The summed E-state index contributed by atoms with van der Waals surface area (Å²) in [6.45, 7) is 3.21. The van der Waals surface area contributed by atoms with E-state index in [9.17, 15) is 0 Å². The molecule has 0 spiro atoms. The van der Waals surface area contributed by atoms with Gasteiger partial charge in [0.2, 0.25) is 0 Å². The van der Waals surface area contributed by atoms with Crippen molar-refractivity contribution in [2.45, 2.75) is 38.0 Å². The first-order valence-electron chi connectivity index (χ1n) is 7.83. The Hall–Kier alpha value is -1.64. The summed E-state index contributed by atoms with van der Waals surface area (Å²) in [5.41, 5.74) is 2.57. The molecule has 21 heavy (non-hydrogen) atoms. The van der Waals surface area contributed by atoms with Crippen LogP contribution in [0.25, 0.3) is 0 Å². The van der Waals surface area contributed by atoms with Gasteiger partial charge in [-0.15, -0.1) is 0 Å². The van der Waals surface area contributed by atoms with Crippen molar-refractivity contribution < 1.29 is 4.74 Å². The van der Waals surface area contributed by atoms with Crippen molar-refractivity contribution in [2.75, 3.05) is 6.54 Å². The fourth-order valence-electron chi connectivity index (χ4n) is 3.06. The molecule has 0 aliphatic carbocycles. The lowest BCUT2D eigenvalue weighted by Crippen LogP contribution is -2.39. The normalized spacial score (nSPS) is 23.7. The molecule has 3 rings (SSSR count). The van der Waals surface area contributed by atoms with Crippen molar-refractivity contribution in [1.82, 2.24) is 5.32 Å². The standard InChI is InChI=1S/C19H23NO/c1-15(16-9-4-2-5-10-16)21-18-13-8-14-20-19(18)17-11-6-3-7-12-17/h2-7,9-12,15,18-20H,8,13-14H2,1H3/t15-,18-,19-/m0/s1. The molecule has 2 aromatic rings. The fraction of sp³-hybridized carbons (Fsp3) is 0.368. The third-order valence-corrected chi connectivity index (χ3v) is 4.21. The number of hydrogen-bond donors (Lipinski definition) is 1. The first-order chi connectivity index (χ1) is 10.3. The first kappa shape index (κ1) is 14.3. The third-order valence-electron chi connectivity index (χ3n) is 4.21. The maximum Gasteiger partial charge on any atom is 0.0801 e. The Labute approximate surface area is 127 Å². The highest BCUT2D eigenvalue weighted by atomic mass is 16.5. The lowest BCUT2D eigenvalue weighted by atomic mass is 9.94. The highest BCUT2D eigenvalue weighted by Crippen LogP contribution is 2.30. The Morgan fingerprint density at radius 1 is 1.00 bits per heavy atom. The lowest BCUT2D eigenvalue weighted by molar-refractivity contribution is -0.0392. The molecule has 110 valence electrons. The maximum atomic E-state index is 6.38. The molecule has 0 amide bonds. The average molecular weight is 281 g/mol. The van der Waals surface area contributed by atoms with E-state index in [0.29, 0.717) is 6.04 Å². The molecule has 2 aromatic carbocycles. The maximum absolute atomic E-state index is 6.38. The summed E-state index contributed by atoms with van der Waals surface area (Å²) < 4.78 is 6.38. The van der Waals surface area contributed by atoms with Crippen LogP contribution in [0.1, 0.15) is 43.0 Å². The van der Waals surface area contributed by atoms with Gasteiger partial charge in [0.15, 0.2) is 0 Å². The zero-order valence-corrected chi connectivity index (χ0v) is 12.5. The summed E-state index contributed by atoms with van der Waals surface area (Å²) in [5.74, 6) is 0. The molecule has 0 unspecified atom stereocenters. The third kappa shape index (κ3) is 3.52. The van der Waals surface area contributed by atoms with E-state index in [1.807, 2.05) is 6.07 Å². The molecule has 1 N–H and O–H groups in total. The van der Waals surface area contributed by atoms with Crippen molar-refractivity contribution in [3.05, 3.63) is 71.8 Å². The summed E-state index contributed by atoms with van der Waals surface area (Å²) in [4.78, 5) is 0. The lowest BCUT2D eigenvalue weighted by Gasteiger charge is -2.35. The van der Waals surface area contributed by atoms with E-state index >= 15 is 0 Å². The van der Waals surface area contributed by atoms with Crippen LogP contribution in [0.3, 0.4) is 0 Å². The number of benzene rings is 2. The van der Waals surface area contributed by atoms with Gasteiger partial charge in [-0.3, -0.25) is 0 Å². The molecule has 0 radical (unpaired) electrons. The summed E-state index contributed by atoms with van der Waals surface area (Å²) in [7, 11) is 0. The molecule has 1 heterocycles. The highest BCUT2D eigenvalue weighted by molar-refractivity contribution is 5.21. The Balaban J connectivity index is 1.73. The second-order valence-electron chi connectivity index (χ2n) is 5.71. The molecular formula is C19H23NO. The fourth-order valence-corrected chi connectivity index (χ4v) is 3.06. The van der Waals surface area contributed by atoms with Crippen LogP contribution in [0.5, 0.6) is 0 Å². The molecule has 1 aliphatic rings. The quantitative estimate of drug-likeness (QED) is 0.904. The van der Waals surface area contributed by atoms with Gasteiger partial charge in [-0.05, 0) is 37.4 Å². The second kappa shape index (κ2) is 6.88. The minimum atomic E-state index is 0.127. The van der Waals surface area contributed by atoms with Gasteiger partial charge in [-0.25, -0.2) is 0 Å². The van der Waals surface area contributed by atoms with Gasteiger partial charge in [-0.1, -0.05) is 60.7 Å². The molecule has 3 atom stereocenters. The summed E-state index contributed by atoms with van der Waals surface area (Å²) in [6.07, 6.45) is 2.65. The predicted octanol–water partition coefficient (Wildman–Crippen LogP) is 4.26. The number of rotatable bonds is 4. The molecule has 0 bridgehead atoms. The summed E-state index contributed by atoms with van der Waals surface area (Å²) in [5, 5.41) is 3.62. The van der Waals surface area contributed by atoms with E-state index in [1.165, 1.54) is 17.5 Å². The predicted molar refractivity (Wildman–Crippen MR) is 86.1 cm³/mol. The van der Waals surface area contributed by atoms with Crippen LogP contribution in [-0.2, 0) is 4.74 Å². The summed E-state index contributed by atoms with van der Waals surface area (Å²) in [6, 6.07) is 21.4. The number of piperidine rings is 1. The van der Waals surface area contributed by atoms with Crippen molar-refractivity contribution in [2.24, 2.45) is 0 Å². The number of nitrogens with one attached hydrogen (secondary N) is 1. The van der Waals surface area contributed by atoms with Gasteiger partial charge in [0, 0.05) is 0 Å².